The molecule has 152 valence electrons. The van der Waals surface area contributed by atoms with Crippen molar-refractivity contribution in [3.05, 3.63) is 91.4 Å². The maximum absolute atomic E-state index is 5.95. The molecule has 4 rings (SSSR count). The van der Waals surface area contributed by atoms with Crippen molar-refractivity contribution in [2.45, 2.75) is 31.8 Å². The van der Waals surface area contributed by atoms with Crippen LogP contribution in [0, 0.1) is 44.6 Å². The Morgan fingerprint density at radius 2 is 1.97 bits per heavy atom. The summed E-state index contributed by atoms with van der Waals surface area (Å²) >= 11 is 0. The van der Waals surface area contributed by atoms with E-state index in [4.69, 9.17) is 4.74 Å². The number of hydrogen-bond acceptors (Lipinski definition) is 5. The number of allylic oxidation sites excluding steroid dienone is 4. The largest absolute Gasteiger partial charge is 2.00 e. The van der Waals surface area contributed by atoms with Crippen molar-refractivity contribution in [1.82, 2.24) is 15.3 Å². The van der Waals surface area contributed by atoms with E-state index >= 15 is 0 Å². The first-order valence-corrected chi connectivity index (χ1v) is 9.57. The number of hydrogen-bond donors (Lipinski definition) is 1. The van der Waals surface area contributed by atoms with Crippen molar-refractivity contribution in [3.63, 3.8) is 0 Å². The number of nitrogens with one attached hydrogen (secondary N) is 1. The van der Waals surface area contributed by atoms with Gasteiger partial charge in [0.15, 0.2) is 5.82 Å². The number of fused-ring (bicyclic) bond motifs is 1. The molecule has 5 nitrogen and oxygen atoms in total. The van der Waals surface area contributed by atoms with Gasteiger partial charge in [0, 0.05) is 36.8 Å². The maximum atomic E-state index is 5.95. The summed E-state index contributed by atoms with van der Waals surface area (Å²) in [6.07, 6.45) is 18.1. The third-order valence-corrected chi connectivity index (χ3v) is 4.85. The number of aromatic nitrogens is 2. The van der Waals surface area contributed by atoms with Crippen molar-refractivity contribution in [2.75, 3.05) is 6.54 Å². The fourth-order valence-corrected chi connectivity index (χ4v) is 3.28. The summed E-state index contributed by atoms with van der Waals surface area (Å²) in [6, 6.07) is 8.31. The van der Waals surface area contributed by atoms with Crippen LogP contribution in [0.15, 0.2) is 71.7 Å². The van der Waals surface area contributed by atoms with Crippen LogP contribution < -0.4 is 10.1 Å². The van der Waals surface area contributed by atoms with Gasteiger partial charge in [-0.05, 0) is 30.2 Å². The Morgan fingerprint density at radius 3 is 2.73 bits per heavy atom. The summed E-state index contributed by atoms with van der Waals surface area (Å²) in [7, 11) is 0. The van der Waals surface area contributed by atoms with Gasteiger partial charge < -0.3 is 17.5 Å². The van der Waals surface area contributed by atoms with E-state index in [-0.39, 0.29) is 50.6 Å². The smallest absolute Gasteiger partial charge is 0.489 e. The second-order valence-electron chi connectivity index (χ2n) is 6.82. The molecule has 0 fully saturated rings. The van der Waals surface area contributed by atoms with Gasteiger partial charge >= 0.3 is 31.1 Å². The van der Waals surface area contributed by atoms with Gasteiger partial charge in [0.25, 0.3) is 0 Å². The molecule has 2 aromatic rings. The van der Waals surface area contributed by atoms with E-state index < -0.39 is 0 Å². The quantitative estimate of drug-likeness (QED) is 0.481. The zero-order chi connectivity index (χ0) is 19.2. The number of aliphatic imine (C=N–C) groups is 1. The predicted molar refractivity (Wildman–Crippen MR) is 117 cm³/mol. The van der Waals surface area contributed by atoms with E-state index in [9.17, 15) is 0 Å². The molecule has 0 saturated heterocycles. The Kier molecular flexibility index (Phi) is 9.55. The van der Waals surface area contributed by atoms with E-state index in [1.807, 2.05) is 30.4 Å². The van der Waals surface area contributed by atoms with E-state index in [1.54, 1.807) is 18.6 Å². The maximum Gasteiger partial charge on any atom is 2.00 e. The van der Waals surface area contributed by atoms with Crippen LogP contribution in [0.3, 0.4) is 0 Å². The first kappa shape index (κ1) is 24.1. The normalized spacial score (nSPS) is 18.9. The summed E-state index contributed by atoms with van der Waals surface area (Å²) in [5.74, 6) is 1.72. The fourth-order valence-electron chi connectivity index (χ4n) is 3.28. The minimum absolute atomic E-state index is 0. The average Bonchev–Trinajstić information content (AvgIpc) is 2.89. The molecule has 0 amide bonds. The Bertz CT molecular complexity index is 934. The molecular weight excluding hydrogens is 598 g/mol. The predicted octanol–water partition coefficient (Wildman–Crippen LogP) is 4.53. The van der Waals surface area contributed by atoms with Crippen molar-refractivity contribution < 1.29 is 35.9 Å². The molecule has 1 aromatic carbocycles. The molecule has 2 aliphatic rings. The minimum Gasteiger partial charge on any atom is -0.489 e. The minimum atomic E-state index is 0. The molecule has 30 heavy (non-hydrogen) atoms. The topological polar surface area (TPSA) is 59.4 Å². The molecular formula is C24H26N4OU. The molecule has 0 spiro atoms. The van der Waals surface area contributed by atoms with Crippen LogP contribution in [0.5, 0.6) is 5.75 Å². The zero-order valence-electron chi connectivity index (χ0n) is 17.4. The van der Waals surface area contributed by atoms with Crippen LogP contribution in [-0.4, -0.2) is 28.8 Å². The molecule has 0 bridgehead atoms. The monoisotopic (exact) mass is 624 g/mol. The van der Waals surface area contributed by atoms with Crippen LogP contribution in [-0.2, 0) is 6.42 Å². The van der Waals surface area contributed by atoms with Crippen LogP contribution in [0.25, 0.3) is 0 Å². The van der Waals surface area contributed by atoms with Crippen molar-refractivity contribution in [1.29, 1.82) is 0 Å². The van der Waals surface area contributed by atoms with Gasteiger partial charge in [-0.3, -0.25) is 11.1 Å². The Hall–Kier alpha value is -2.16. The Balaban J connectivity index is 0.00000160. The van der Waals surface area contributed by atoms with Crippen LogP contribution in [0.4, 0.5) is 5.82 Å². The average molecular weight is 625 g/mol. The number of rotatable bonds is 6. The number of benzene rings is 1. The number of nitrogens with zero attached hydrogens (tertiary/aromatic N) is 3. The van der Waals surface area contributed by atoms with Gasteiger partial charge in [-0.15, -0.1) is 6.08 Å². The third kappa shape index (κ3) is 6.17. The zero-order valence-corrected chi connectivity index (χ0v) is 21.5. The second-order valence-corrected chi connectivity index (χ2v) is 6.82. The van der Waals surface area contributed by atoms with E-state index in [2.05, 4.69) is 51.5 Å². The Labute approximate surface area is 202 Å². The van der Waals surface area contributed by atoms with Crippen molar-refractivity contribution in [2.24, 2.45) is 4.99 Å². The summed E-state index contributed by atoms with van der Waals surface area (Å²) in [6.45, 7) is 2.96. The van der Waals surface area contributed by atoms with Gasteiger partial charge in [0.05, 0.1) is 11.8 Å². The van der Waals surface area contributed by atoms with Crippen LogP contribution >= 0.6 is 0 Å². The van der Waals surface area contributed by atoms with Crippen molar-refractivity contribution >= 4 is 12.0 Å². The first-order chi connectivity index (χ1) is 13.8. The van der Waals surface area contributed by atoms with Crippen LogP contribution in [0.1, 0.15) is 30.5 Å². The van der Waals surface area contributed by atoms with Gasteiger partial charge in [0.1, 0.15) is 5.75 Å². The molecule has 2 atom stereocenters. The fraction of sp³-hybridized carbons (Fsp3) is 0.250. The molecule has 2 heterocycles. The SMILES string of the molecule is C[C@H]1C(NCCc2ccc(OC3C=CC=[C-]C3)cc2)=CC=Nc2nccnc21.[CH3-].[U+2]. The number of ether oxygens (including phenoxy) is 1. The van der Waals surface area contributed by atoms with E-state index in [1.165, 1.54) is 5.56 Å². The van der Waals surface area contributed by atoms with E-state index in [0.717, 1.165) is 36.5 Å². The van der Waals surface area contributed by atoms with Gasteiger partial charge in [0.2, 0.25) is 0 Å². The standard InChI is InChI=1S/C23H23N4O.CH3.U/c1-17-21(12-14-26-23-22(17)25-15-16-27-23)24-13-11-18-7-9-20(10-8-18)28-19-5-3-2-4-6-19;;/h2-3,5,7-10,12,14-17,19,24H,6,11,13H2,1H3;1H3;/q2*-1;+2/t17-,19?;;/m0../s1. The molecule has 1 unspecified atom stereocenters. The molecule has 1 N–H and O–H groups in total. The summed E-state index contributed by atoms with van der Waals surface area (Å²) in [5.41, 5.74) is 3.28. The molecule has 1 aliphatic heterocycles. The summed E-state index contributed by atoms with van der Waals surface area (Å²) in [4.78, 5) is 13.1. The summed E-state index contributed by atoms with van der Waals surface area (Å²) in [5, 5.41) is 3.53. The van der Waals surface area contributed by atoms with Gasteiger partial charge in [-0.1, -0.05) is 25.5 Å². The van der Waals surface area contributed by atoms with Crippen molar-refractivity contribution in [3.8, 4) is 5.75 Å². The third-order valence-electron chi connectivity index (χ3n) is 4.85. The van der Waals surface area contributed by atoms with Crippen LogP contribution in [0.2, 0.25) is 0 Å². The molecule has 0 radical (unpaired) electrons. The van der Waals surface area contributed by atoms with Gasteiger partial charge in [-0.2, -0.15) is 0 Å². The molecule has 0 saturated carbocycles. The second kappa shape index (κ2) is 11.9. The Morgan fingerprint density at radius 1 is 1.17 bits per heavy atom. The first-order valence-electron chi connectivity index (χ1n) is 9.57. The van der Waals surface area contributed by atoms with E-state index in [0.29, 0.717) is 5.82 Å². The molecule has 1 aromatic heterocycles. The molecule has 6 heteroatoms. The molecule has 1 aliphatic carbocycles. The van der Waals surface area contributed by atoms with Gasteiger partial charge in [-0.25, -0.2) is 22.1 Å². The summed E-state index contributed by atoms with van der Waals surface area (Å²) < 4.78 is 5.95.